The number of nitrogens with zero attached hydrogens (tertiary/aromatic N) is 1. The highest BCUT2D eigenvalue weighted by Crippen LogP contribution is 2.25. The van der Waals surface area contributed by atoms with Crippen LogP contribution < -0.4 is 10.2 Å². The predicted molar refractivity (Wildman–Crippen MR) is 81.1 cm³/mol. The maximum Gasteiger partial charge on any atom is 0.129 e. The third-order valence-corrected chi connectivity index (χ3v) is 2.90. The third-order valence-electron chi connectivity index (χ3n) is 2.90. The Labute approximate surface area is 117 Å². The second kappa shape index (κ2) is 6.38. The Morgan fingerprint density at radius 2 is 1.89 bits per heavy atom. The van der Waals surface area contributed by atoms with Crippen LogP contribution in [0.3, 0.4) is 0 Å². The molecule has 0 fully saturated rings. The standard InChI is InChI=1S/C16H27FN2/c1-12(2)18-10-13-14(17)8-7-9-15(13)19(6)11-16(3,4)5/h7-9,12,18H,10-11H2,1-6H3. The second-order valence-corrected chi connectivity index (χ2v) is 6.69. The van der Waals surface area contributed by atoms with Gasteiger partial charge in [-0.1, -0.05) is 40.7 Å². The molecule has 108 valence electrons. The summed E-state index contributed by atoms with van der Waals surface area (Å²) < 4.78 is 14.0. The lowest BCUT2D eigenvalue weighted by molar-refractivity contribution is 0.418. The summed E-state index contributed by atoms with van der Waals surface area (Å²) in [7, 11) is 2.03. The number of rotatable bonds is 5. The molecule has 0 atom stereocenters. The SMILES string of the molecule is CC(C)NCc1c(F)cccc1N(C)CC(C)(C)C. The van der Waals surface area contributed by atoms with E-state index in [1.807, 2.05) is 13.1 Å². The summed E-state index contributed by atoms with van der Waals surface area (Å²) in [4.78, 5) is 2.14. The first-order valence-electron chi connectivity index (χ1n) is 6.92. The van der Waals surface area contributed by atoms with Gasteiger partial charge in [0.25, 0.3) is 0 Å². The van der Waals surface area contributed by atoms with Crippen LogP contribution in [0.5, 0.6) is 0 Å². The summed E-state index contributed by atoms with van der Waals surface area (Å²) in [5.41, 5.74) is 1.91. The van der Waals surface area contributed by atoms with Crippen molar-refractivity contribution in [3.05, 3.63) is 29.6 Å². The van der Waals surface area contributed by atoms with E-state index in [0.717, 1.165) is 17.8 Å². The van der Waals surface area contributed by atoms with Gasteiger partial charge in [-0.25, -0.2) is 4.39 Å². The molecule has 0 saturated carbocycles. The number of hydrogen-bond acceptors (Lipinski definition) is 2. The summed E-state index contributed by atoms with van der Waals surface area (Å²) in [6.07, 6.45) is 0. The first-order chi connectivity index (χ1) is 8.70. The minimum Gasteiger partial charge on any atom is -0.374 e. The molecule has 1 aromatic rings. The van der Waals surface area contributed by atoms with Gasteiger partial charge >= 0.3 is 0 Å². The Morgan fingerprint density at radius 1 is 1.26 bits per heavy atom. The zero-order valence-corrected chi connectivity index (χ0v) is 13.0. The topological polar surface area (TPSA) is 15.3 Å². The summed E-state index contributed by atoms with van der Waals surface area (Å²) >= 11 is 0. The van der Waals surface area contributed by atoms with Gasteiger partial charge < -0.3 is 10.2 Å². The number of hydrogen-bond donors (Lipinski definition) is 1. The molecule has 0 amide bonds. The first-order valence-corrected chi connectivity index (χ1v) is 6.92. The molecule has 3 heteroatoms. The number of anilines is 1. The average Bonchev–Trinajstić information content (AvgIpc) is 2.24. The van der Waals surface area contributed by atoms with Gasteiger partial charge in [-0.3, -0.25) is 0 Å². The van der Waals surface area contributed by atoms with Crippen molar-refractivity contribution in [2.75, 3.05) is 18.5 Å². The molecule has 0 aliphatic rings. The van der Waals surface area contributed by atoms with E-state index in [-0.39, 0.29) is 11.2 Å². The molecule has 0 bridgehead atoms. The molecule has 0 radical (unpaired) electrons. The van der Waals surface area contributed by atoms with Gasteiger partial charge in [0.15, 0.2) is 0 Å². The maximum absolute atomic E-state index is 14.0. The Bertz CT molecular complexity index is 408. The van der Waals surface area contributed by atoms with Gasteiger partial charge in [0.1, 0.15) is 5.82 Å². The van der Waals surface area contributed by atoms with Crippen molar-refractivity contribution in [2.24, 2.45) is 5.41 Å². The van der Waals surface area contributed by atoms with Gasteiger partial charge in [0.05, 0.1) is 0 Å². The van der Waals surface area contributed by atoms with Gasteiger partial charge in [-0.15, -0.1) is 0 Å². The largest absolute Gasteiger partial charge is 0.374 e. The van der Waals surface area contributed by atoms with Crippen LogP contribution in [0.1, 0.15) is 40.2 Å². The fraction of sp³-hybridized carbons (Fsp3) is 0.625. The normalized spacial score (nSPS) is 12.0. The van der Waals surface area contributed by atoms with Crippen LogP contribution in [0.15, 0.2) is 18.2 Å². The zero-order valence-electron chi connectivity index (χ0n) is 13.0. The molecule has 1 aromatic carbocycles. The van der Waals surface area contributed by atoms with Crippen LogP contribution in [0.25, 0.3) is 0 Å². The van der Waals surface area contributed by atoms with Crippen LogP contribution in [-0.2, 0) is 6.54 Å². The molecule has 0 aliphatic carbocycles. The quantitative estimate of drug-likeness (QED) is 0.872. The Kier molecular flexibility index (Phi) is 5.36. The minimum absolute atomic E-state index is 0.133. The lowest BCUT2D eigenvalue weighted by atomic mass is 9.95. The number of halogens is 1. The van der Waals surface area contributed by atoms with Gasteiger partial charge in [-0.05, 0) is 17.5 Å². The van der Waals surface area contributed by atoms with E-state index in [2.05, 4.69) is 44.8 Å². The number of benzene rings is 1. The van der Waals surface area contributed by atoms with Crippen LogP contribution in [0.2, 0.25) is 0 Å². The summed E-state index contributed by atoms with van der Waals surface area (Å²) in [6.45, 7) is 12.2. The summed E-state index contributed by atoms with van der Waals surface area (Å²) in [5.74, 6) is -0.133. The molecule has 0 unspecified atom stereocenters. The van der Waals surface area contributed by atoms with Crippen LogP contribution in [-0.4, -0.2) is 19.6 Å². The molecule has 2 nitrogen and oxygen atoms in total. The van der Waals surface area contributed by atoms with Crippen molar-refractivity contribution in [1.29, 1.82) is 0 Å². The smallest absolute Gasteiger partial charge is 0.129 e. The van der Waals surface area contributed by atoms with E-state index in [1.165, 1.54) is 6.07 Å². The lowest BCUT2D eigenvalue weighted by Gasteiger charge is -2.30. The van der Waals surface area contributed by atoms with Gasteiger partial charge in [0.2, 0.25) is 0 Å². The van der Waals surface area contributed by atoms with Crippen molar-refractivity contribution in [3.63, 3.8) is 0 Å². The van der Waals surface area contributed by atoms with Crippen LogP contribution >= 0.6 is 0 Å². The van der Waals surface area contributed by atoms with Crippen molar-refractivity contribution >= 4 is 5.69 Å². The molecular formula is C16H27FN2. The second-order valence-electron chi connectivity index (χ2n) is 6.69. The summed E-state index contributed by atoms with van der Waals surface area (Å²) in [5, 5.41) is 3.29. The molecule has 0 aliphatic heterocycles. The van der Waals surface area contributed by atoms with E-state index in [4.69, 9.17) is 0 Å². The zero-order chi connectivity index (χ0) is 14.6. The fourth-order valence-corrected chi connectivity index (χ4v) is 2.18. The fourth-order valence-electron chi connectivity index (χ4n) is 2.18. The highest BCUT2D eigenvalue weighted by molar-refractivity contribution is 5.53. The molecule has 0 spiro atoms. The van der Waals surface area contributed by atoms with E-state index in [1.54, 1.807) is 6.07 Å². The molecule has 0 saturated heterocycles. The molecule has 1 N–H and O–H groups in total. The minimum atomic E-state index is -0.133. The lowest BCUT2D eigenvalue weighted by Crippen LogP contribution is -2.31. The van der Waals surface area contributed by atoms with Crippen LogP contribution in [0, 0.1) is 11.2 Å². The monoisotopic (exact) mass is 266 g/mol. The first kappa shape index (κ1) is 16.0. The van der Waals surface area contributed by atoms with Crippen molar-refractivity contribution in [2.45, 2.75) is 47.2 Å². The average molecular weight is 266 g/mol. The van der Waals surface area contributed by atoms with Crippen molar-refractivity contribution in [1.82, 2.24) is 5.32 Å². The maximum atomic E-state index is 14.0. The molecule has 19 heavy (non-hydrogen) atoms. The van der Waals surface area contributed by atoms with E-state index >= 15 is 0 Å². The molecule has 1 rings (SSSR count). The van der Waals surface area contributed by atoms with Gasteiger partial charge in [-0.2, -0.15) is 0 Å². The van der Waals surface area contributed by atoms with E-state index in [9.17, 15) is 4.39 Å². The van der Waals surface area contributed by atoms with Gasteiger partial charge in [0, 0.05) is 37.4 Å². The molecule has 0 heterocycles. The van der Waals surface area contributed by atoms with E-state index < -0.39 is 0 Å². The van der Waals surface area contributed by atoms with Crippen molar-refractivity contribution < 1.29 is 4.39 Å². The third kappa shape index (κ3) is 5.19. The Morgan fingerprint density at radius 3 is 2.42 bits per heavy atom. The van der Waals surface area contributed by atoms with E-state index in [0.29, 0.717) is 12.6 Å². The Hall–Kier alpha value is -1.09. The highest BCUT2D eigenvalue weighted by atomic mass is 19.1. The predicted octanol–water partition coefficient (Wildman–Crippen LogP) is 3.81. The summed E-state index contributed by atoms with van der Waals surface area (Å²) in [6, 6.07) is 5.65. The molecule has 0 aromatic heterocycles. The van der Waals surface area contributed by atoms with Crippen molar-refractivity contribution in [3.8, 4) is 0 Å². The number of nitrogens with one attached hydrogen (secondary N) is 1. The van der Waals surface area contributed by atoms with Crippen LogP contribution in [0.4, 0.5) is 10.1 Å². The molecular weight excluding hydrogens is 239 g/mol. The Balaban J connectivity index is 2.96. The highest BCUT2D eigenvalue weighted by Gasteiger charge is 2.17.